The lowest BCUT2D eigenvalue weighted by Gasteiger charge is -2.04. The van der Waals surface area contributed by atoms with Gasteiger partial charge in [-0.05, 0) is 18.2 Å². The van der Waals surface area contributed by atoms with Gasteiger partial charge < -0.3 is 9.84 Å². The van der Waals surface area contributed by atoms with Gasteiger partial charge in [0.2, 0.25) is 5.88 Å². The average molecular weight is 295 g/mol. The number of aromatic nitrogens is 2. The summed E-state index contributed by atoms with van der Waals surface area (Å²) >= 11 is 3.31. The van der Waals surface area contributed by atoms with Gasteiger partial charge in [0.25, 0.3) is 0 Å². The van der Waals surface area contributed by atoms with Crippen LogP contribution in [0.1, 0.15) is 10.5 Å². The van der Waals surface area contributed by atoms with Crippen LogP contribution in [0.15, 0.2) is 41.1 Å². The first-order valence-corrected chi connectivity index (χ1v) is 5.43. The fourth-order valence-corrected chi connectivity index (χ4v) is 1.54. The monoisotopic (exact) mass is 294 g/mol. The topological polar surface area (TPSA) is 72.3 Å². The van der Waals surface area contributed by atoms with Crippen molar-refractivity contribution in [1.82, 2.24) is 9.97 Å². The Bertz CT molecular complexity index is 560. The molecule has 2 aromatic rings. The Kier molecular flexibility index (Phi) is 3.34. The number of benzene rings is 1. The van der Waals surface area contributed by atoms with Crippen molar-refractivity contribution < 1.29 is 14.6 Å². The highest BCUT2D eigenvalue weighted by molar-refractivity contribution is 9.10. The van der Waals surface area contributed by atoms with Crippen molar-refractivity contribution in [2.45, 2.75) is 0 Å². The minimum absolute atomic E-state index is 0.106. The molecular weight excluding hydrogens is 288 g/mol. The number of rotatable bonds is 3. The summed E-state index contributed by atoms with van der Waals surface area (Å²) in [5.41, 5.74) is -0.106. The Balaban J connectivity index is 2.24. The number of hydrogen-bond donors (Lipinski definition) is 1. The van der Waals surface area contributed by atoms with E-state index >= 15 is 0 Å². The first-order chi connectivity index (χ1) is 8.15. The third-order valence-corrected chi connectivity index (χ3v) is 2.37. The van der Waals surface area contributed by atoms with Crippen molar-refractivity contribution in [2.75, 3.05) is 0 Å². The maximum absolute atomic E-state index is 10.7. The van der Waals surface area contributed by atoms with Gasteiger partial charge in [0.1, 0.15) is 12.1 Å². The van der Waals surface area contributed by atoms with Crippen LogP contribution in [0.2, 0.25) is 0 Å². The number of nitrogens with zero attached hydrogens (tertiary/aromatic N) is 2. The van der Waals surface area contributed by atoms with Crippen LogP contribution in [0.3, 0.4) is 0 Å². The molecule has 1 N–H and O–H groups in total. The van der Waals surface area contributed by atoms with Crippen LogP contribution in [0, 0.1) is 0 Å². The Morgan fingerprint density at radius 2 is 2.12 bits per heavy atom. The first-order valence-electron chi connectivity index (χ1n) is 4.64. The number of halogens is 1. The molecule has 0 aliphatic carbocycles. The highest BCUT2D eigenvalue weighted by atomic mass is 79.9. The molecule has 0 bridgehead atoms. The molecule has 86 valence electrons. The zero-order chi connectivity index (χ0) is 12.3. The Morgan fingerprint density at radius 1 is 1.29 bits per heavy atom. The van der Waals surface area contributed by atoms with Gasteiger partial charge in [0, 0.05) is 10.5 Å². The van der Waals surface area contributed by atoms with E-state index in [2.05, 4.69) is 25.9 Å². The summed E-state index contributed by atoms with van der Waals surface area (Å²) in [7, 11) is 0. The first kappa shape index (κ1) is 11.5. The number of carboxylic acid groups (broad SMARTS) is 1. The van der Waals surface area contributed by atoms with Crippen molar-refractivity contribution in [3.05, 3.63) is 46.8 Å². The normalized spacial score (nSPS) is 9.94. The molecule has 0 unspecified atom stereocenters. The zero-order valence-corrected chi connectivity index (χ0v) is 10.1. The predicted octanol–water partition coefficient (Wildman–Crippen LogP) is 2.73. The number of hydrogen-bond acceptors (Lipinski definition) is 4. The van der Waals surface area contributed by atoms with Crippen LogP contribution in [0.25, 0.3) is 0 Å². The summed E-state index contributed by atoms with van der Waals surface area (Å²) in [5, 5.41) is 8.77. The van der Waals surface area contributed by atoms with Crippen molar-refractivity contribution in [1.29, 1.82) is 0 Å². The SMILES string of the molecule is O=C(O)c1cc(Oc2cccc(Br)c2)ncn1. The molecule has 0 atom stereocenters. The van der Waals surface area contributed by atoms with Crippen LogP contribution in [-0.2, 0) is 0 Å². The Morgan fingerprint density at radius 3 is 2.82 bits per heavy atom. The maximum Gasteiger partial charge on any atom is 0.354 e. The van der Waals surface area contributed by atoms with Crippen LogP contribution < -0.4 is 4.74 Å². The van der Waals surface area contributed by atoms with E-state index in [1.807, 2.05) is 6.07 Å². The smallest absolute Gasteiger partial charge is 0.354 e. The van der Waals surface area contributed by atoms with Crippen LogP contribution in [0.4, 0.5) is 0 Å². The van der Waals surface area contributed by atoms with E-state index in [0.717, 1.165) is 10.8 Å². The number of carboxylic acids is 1. The van der Waals surface area contributed by atoms with Gasteiger partial charge in [-0.2, -0.15) is 0 Å². The third-order valence-electron chi connectivity index (χ3n) is 1.88. The molecule has 6 heteroatoms. The Labute approximate surface area is 105 Å². The quantitative estimate of drug-likeness (QED) is 0.942. The molecule has 0 aliphatic rings. The summed E-state index contributed by atoms with van der Waals surface area (Å²) in [4.78, 5) is 18.1. The molecule has 5 nitrogen and oxygen atoms in total. The van der Waals surface area contributed by atoms with Crippen LogP contribution in [0.5, 0.6) is 11.6 Å². The van der Waals surface area contributed by atoms with Crippen LogP contribution >= 0.6 is 15.9 Å². The van der Waals surface area contributed by atoms with E-state index in [1.54, 1.807) is 18.2 Å². The van der Waals surface area contributed by atoms with Crippen molar-refractivity contribution >= 4 is 21.9 Å². The maximum atomic E-state index is 10.7. The summed E-state index contributed by atoms with van der Waals surface area (Å²) in [5.74, 6) is -0.364. The van der Waals surface area contributed by atoms with E-state index in [-0.39, 0.29) is 11.6 Å². The largest absolute Gasteiger partial charge is 0.477 e. The van der Waals surface area contributed by atoms with Gasteiger partial charge >= 0.3 is 5.97 Å². The molecule has 1 aromatic heterocycles. The summed E-state index contributed by atoms with van der Waals surface area (Å²) in [6, 6.07) is 8.42. The lowest BCUT2D eigenvalue weighted by molar-refractivity contribution is 0.0689. The summed E-state index contributed by atoms with van der Waals surface area (Å²) in [6.07, 6.45) is 1.15. The number of ether oxygens (including phenoxy) is 1. The van der Waals surface area contributed by atoms with Crippen LogP contribution in [-0.4, -0.2) is 21.0 Å². The number of carbonyl (C=O) groups is 1. The molecule has 0 saturated heterocycles. The second kappa shape index (κ2) is 4.92. The van der Waals surface area contributed by atoms with E-state index in [1.165, 1.54) is 6.07 Å². The minimum atomic E-state index is -1.12. The third kappa shape index (κ3) is 3.01. The van der Waals surface area contributed by atoms with Gasteiger partial charge in [-0.3, -0.25) is 0 Å². The molecule has 17 heavy (non-hydrogen) atoms. The summed E-state index contributed by atoms with van der Waals surface area (Å²) in [6.45, 7) is 0. The second-order valence-electron chi connectivity index (χ2n) is 3.11. The highest BCUT2D eigenvalue weighted by Gasteiger charge is 2.07. The van der Waals surface area contributed by atoms with Crippen molar-refractivity contribution in [2.24, 2.45) is 0 Å². The van der Waals surface area contributed by atoms with Gasteiger partial charge in [-0.15, -0.1) is 0 Å². The molecule has 0 aliphatic heterocycles. The van der Waals surface area contributed by atoms with Gasteiger partial charge in [0.05, 0.1) is 0 Å². The fraction of sp³-hybridized carbons (Fsp3) is 0. The van der Waals surface area contributed by atoms with Crippen molar-refractivity contribution in [3.8, 4) is 11.6 Å². The molecule has 1 heterocycles. The predicted molar refractivity (Wildman–Crippen MR) is 63.2 cm³/mol. The molecule has 1 aromatic carbocycles. The second-order valence-corrected chi connectivity index (χ2v) is 4.02. The van der Waals surface area contributed by atoms with E-state index in [4.69, 9.17) is 9.84 Å². The lowest BCUT2D eigenvalue weighted by Crippen LogP contribution is -2.01. The van der Waals surface area contributed by atoms with Gasteiger partial charge in [-0.1, -0.05) is 22.0 Å². The van der Waals surface area contributed by atoms with E-state index < -0.39 is 5.97 Å². The minimum Gasteiger partial charge on any atom is -0.477 e. The van der Waals surface area contributed by atoms with E-state index in [0.29, 0.717) is 5.75 Å². The standard InChI is InChI=1S/C11H7BrN2O3/c12-7-2-1-3-8(4-7)17-10-5-9(11(15)16)13-6-14-10/h1-6H,(H,15,16). The molecule has 2 rings (SSSR count). The number of aromatic carboxylic acids is 1. The van der Waals surface area contributed by atoms with Gasteiger partial charge in [-0.25, -0.2) is 14.8 Å². The highest BCUT2D eigenvalue weighted by Crippen LogP contribution is 2.22. The Hall–Kier alpha value is -1.95. The molecule has 0 radical (unpaired) electrons. The van der Waals surface area contributed by atoms with E-state index in [9.17, 15) is 4.79 Å². The molecular formula is C11H7BrN2O3. The molecule has 0 amide bonds. The molecule has 0 spiro atoms. The van der Waals surface area contributed by atoms with Crippen molar-refractivity contribution in [3.63, 3.8) is 0 Å². The summed E-state index contributed by atoms with van der Waals surface area (Å²) < 4.78 is 6.27. The average Bonchev–Trinajstić information content (AvgIpc) is 2.29. The fourth-order valence-electron chi connectivity index (χ4n) is 1.16. The molecule has 0 saturated carbocycles. The molecule has 0 fully saturated rings. The lowest BCUT2D eigenvalue weighted by atomic mass is 10.3. The zero-order valence-electron chi connectivity index (χ0n) is 8.50. The van der Waals surface area contributed by atoms with Gasteiger partial charge in [0.15, 0.2) is 5.69 Å².